The Hall–Kier alpha value is -3.54. The van der Waals surface area contributed by atoms with Crippen LogP contribution < -0.4 is 15.2 Å². The minimum Gasteiger partial charge on any atom is -0.480 e. The third-order valence-corrected chi connectivity index (χ3v) is 5.89. The van der Waals surface area contributed by atoms with E-state index >= 15 is 0 Å². The van der Waals surface area contributed by atoms with Gasteiger partial charge in [-0.1, -0.05) is 59.4 Å². The van der Waals surface area contributed by atoms with Gasteiger partial charge in [-0.05, 0) is 42.9 Å². The van der Waals surface area contributed by atoms with Gasteiger partial charge in [-0.3, -0.25) is 4.79 Å². The van der Waals surface area contributed by atoms with Crippen LogP contribution in [0.25, 0.3) is 0 Å². The fraction of sp³-hybridized carbons (Fsp3) is 0.643. The van der Waals surface area contributed by atoms with Crippen molar-refractivity contribution in [3.8, 4) is 11.5 Å². The molecular weight excluding hydrogens is 526 g/mol. The number of unbranched alkanes of at least 4 members (excludes halogenated alkanes) is 4. The molecule has 0 bridgehead atoms. The summed E-state index contributed by atoms with van der Waals surface area (Å²) in [5.41, 5.74) is 6.36. The van der Waals surface area contributed by atoms with Crippen LogP contribution in [0, 0.1) is 5.92 Å². The van der Waals surface area contributed by atoms with Crippen molar-refractivity contribution in [3.05, 3.63) is 23.8 Å². The van der Waals surface area contributed by atoms with Gasteiger partial charge in [-0.15, -0.1) is 0 Å². The number of carbonyl (C=O) groups is 4. The molecular formula is C28H43NO11. The third-order valence-electron chi connectivity index (χ3n) is 5.89. The topological polar surface area (TPSA) is 170 Å². The van der Waals surface area contributed by atoms with E-state index in [1.807, 2.05) is 20.8 Å². The summed E-state index contributed by atoms with van der Waals surface area (Å²) in [5, 5.41) is 9.67. The van der Waals surface area contributed by atoms with Gasteiger partial charge in [0.25, 0.3) is 0 Å². The first-order chi connectivity index (χ1) is 19.1. The van der Waals surface area contributed by atoms with Gasteiger partial charge < -0.3 is 39.3 Å². The van der Waals surface area contributed by atoms with Crippen molar-refractivity contribution in [2.24, 2.45) is 11.7 Å². The van der Waals surface area contributed by atoms with Crippen LogP contribution in [0.3, 0.4) is 0 Å². The first-order valence-corrected chi connectivity index (χ1v) is 13.8. The molecule has 1 aromatic rings. The Balaban J connectivity index is 3.18. The molecule has 3 N–H and O–H groups in total. The van der Waals surface area contributed by atoms with E-state index in [2.05, 4.69) is 0 Å². The first kappa shape index (κ1) is 34.5. The largest absolute Gasteiger partial charge is 0.513 e. The number of hydrogen-bond acceptors (Lipinski definition) is 11. The molecule has 0 heterocycles. The summed E-state index contributed by atoms with van der Waals surface area (Å²) in [4.78, 5) is 48.3. The SMILES string of the molecule is CCCCCOC(=O)OCC(C)C(c1ccc(OC(=O)OCCCC)c(OC(=O)OCCCC)c1)[C@H](N)C(=O)O. The summed E-state index contributed by atoms with van der Waals surface area (Å²) in [7, 11) is 0. The van der Waals surface area contributed by atoms with Crippen LogP contribution in [0.5, 0.6) is 11.5 Å². The number of carboxylic acids is 1. The number of rotatable bonds is 18. The number of benzene rings is 1. The maximum absolute atomic E-state index is 12.3. The second-order valence-corrected chi connectivity index (χ2v) is 9.30. The van der Waals surface area contributed by atoms with Crippen molar-refractivity contribution in [1.82, 2.24) is 0 Å². The monoisotopic (exact) mass is 569 g/mol. The van der Waals surface area contributed by atoms with Crippen molar-refractivity contribution >= 4 is 24.4 Å². The molecule has 3 atom stereocenters. The summed E-state index contributed by atoms with van der Waals surface area (Å²) in [6.07, 6.45) is 2.55. The Bertz CT molecular complexity index is 937. The van der Waals surface area contributed by atoms with Gasteiger partial charge in [0.15, 0.2) is 11.5 Å². The zero-order valence-electron chi connectivity index (χ0n) is 23.8. The molecule has 12 nitrogen and oxygen atoms in total. The second kappa shape index (κ2) is 19.5. The highest BCUT2D eigenvalue weighted by molar-refractivity contribution is 5.75. The Morgan fingerprint density at radius 3 is 1.82 bits per heavy atom. The van der Waals surface area contributed by atoms with Gasteiger partial charge in [0.05, 0.1) is 26.4 Å². The lowest BCUT2D eigenvalue weighted by atomic mass is 9.82. The summed E-state index contributed by atoms with van der Waals surface area (Å²) in [6.45, 7) is 7.85. The summed E-state index contributed by atoms with van der Waals surface area (Å²) in [6, 6.07) is 2.75. The molecule has 226 valence electrons. The first-order valence-electron chi connectivity index (χ1n) is 13.8. The minimum absolute atomic E-state index is 0.125. The van der Waals surface area contributed by atoms with E-state index < -0.39 is 42.3 Å². The van der Waals surface area contributed by atoms with E-state index in [4.69, 9.17) is 34.2 Å². The van der Waals surface area contributed by atoms with Gasteiger partial charge in [-0.2, -0.15) is 0 Å². The molecule has 0 saturated heterocycles. The summed E-state index contributed by atoms with van der Waals surface area (Å²) >= 11 is 0. The van der Waals surface area contributed by atoms with Crippen LogP contribution in [0.15, 0.2) is 18.2 Å². The summed E-state index contributed by atoms with van der Waals surface area (Å²) in [5.74, 6) is -3.11. The molecule has 1 rings (SSSR count). The third kappa shape index (κ3) is 13.0. The highest BCUT2D eigenvalue weighted by atomic mass is 16.7. The van der Waals surface area contributed by atoms with Crippen LogP contribution in [0.4, 0.5) is 14.4 Å². The molecule has 1 aromatic carbocycles. The molecule has 0 aromatic heterocycles. The Morgan fingerprint density at radius 2 is 1.27 bits per heavy atom. The minimum atomic E-state index is -1.41. The van der Waals surface area contributed by atoms with Crippen molar-refractivity contribution in [2.75, 3.05) is 26.4 Å². The lowest BCUT2D eigenvalue weighted by Gasteiger charge is -2.27. The molecule has 2 unspecified atom stereocenters. The second-order valence-electron chi connectivity index (χ2n) is 9.30. The lowest BCUT2D eigenvalue weighted by molar-refractivity contribution is -0.139. The van der Waals surface area contributed by atoms with Gasteiger partial charge in [-0.25, -0.2) is 14.4 Å². The molecule has 0 saturated carbocycles. The predicted octanol–water partition coefficient (Wildman–Crippen LogP) is 5.79. The molecule has 0 radical (unpaired) electrons. The number of aliphatic carboxylic acids is 1. The van der Waals surface area contributed by atoms with Crippen LogP contribution in [-0.2, 0) is 23.7 Å². The number of carbonyl (C=O) groups excluding carboxylic acids is 3. The zero-order chi connectivity index (χ0) is 29.9. The zero-order valence-corrected chi connectivity index (χ0v) is 23.8. The van der Waals surface area contributed by atoms with Crippen LogP contribution in [0.1, 0.15) is 84.1 Å². The smallest absolute Gasteiger partial charge is 0.480 e. The highest BCUT2D eigenvalue weighted by Crippen LogP contribution is 2.36. The average molecular weight is 570 g/mol. The molecule has 0 aliphatic rings. The van der Waals surface area contributed by atoms with Gasteiger partial charge in [0.2, 0.25) is 0 Å². The Labute approximate surface area is 235 Å². The molecule has 0 spiro atoms. The normalized spacial score (nSPS) is 12.9. The molecule has 0 aliphatic heterocycles. The summed E-state index contributed by atoms with van der Waals surface area (Å²) < 4.78 is 30.8. The van der Waals surface area contributed by atoms with Crippen molar-refractivity contribution in [1.29, 1.82) is 0 Å². The Kier molecular flexibility index (Phi) is 16.8. The van der Waals surface area contributed by atoms with Gasteiger partial charge in [0, 0.05) is 5.92 Å². The van der Waals surface area contributed by atoms with Crippen LogP contribution >= 0.6 is 0 Å². The van der Waals surface area contributed by atoms with E-state index in [9.17, 15) is 24.3 Å². The van der Waals surface area contributed by atoms with E-state index in [-0.39, 0.29) is 37.9 Å². The number of hydrogen-bond donors (Lipinski definition) is 2. The quantitative estimate of drug-likeness (QED) is 0.0945. The van der Waals surface area contributed by atoms with E-state index in [1.54, 1.807) is 6.92 Å². The molecule has 0 fully saturated rings. The maximum Gasteiger partial charge on any atom is 0.513 e. The van der Waals surface area contributed by atoms with E-state index in [0.717, 1.165) is 25.7 Å². The number of nitrogens with two attached hydrogens (primary N) is 1. The predicted molar refractivity (Wildman–Crippen MR) is 145 cm³/mol. The van der Waals surface area contributed by atoms with Crippen molar-refractivity contribution in [3.63, 3.8) is 0 Å². The molecule has 0 aliphatic carbocycles. The standard InChI is InChI=1S/C28H43NO11/c1-5-8-11-16-35-26(32)38-18-19(4)23(24(29)25(30)31)20-12-13-21(39-27(33)36-14-9-6-2)22(17-20)40-28(34)37-15-10-7-3/h12-13,17,19,23-24H,5-11,14-16,18,29H2,1-4H3,(H,30,31)/t19?,23?,24-/m0/s1. The molecule has 12 heteroatoms. The molecule has 0 amide bonds. The molecule has 40 heavy (non-hydrogen) atoms. The van der Waals surface area contributed by atoms with Crippen molar-refractivity contribution < 1.29 is 52.7 Å². The Morgan fingerprint density at radius 1 is 0.750 bits per heavy atom. The van der Waals surface area contributed by atoms with Gasteiger partial charge in [0.1, 0.15) is 6.04 Å². The van der Waals surface area contributed by atoms with Crippen LogP contribution in [0.2, 0.25) is 0 Å². The van der Waals surface area contributed by atoms with E-state index in [0.29, 0.717) is 24.8 Å². The fourth-order valence-electron chi connectivity index (χ4n) is 3.63. The highest BCUT2D eigenvalue weighted by Gasteiger charge is 2.33. The maximum atomic E-state index is 12.3. The average Bonchev–Trinajstić information content (AvgIpc) is 2.91. The van der Waals surface area contributed by atoms with Crippen LogP contribution in [-0.4, -0.2) is 62.0 Å². The lowest BCUT2D eigenvalue weighted by Crippen LogP contribution is -2.40. The fourth-order valence-corrected chi connectivity index (χ4v) is 3.63. The number of carboxylic acid groups (broad SMARTS) is 1. The van der Waals surface area contributed by atoms with Gasteiger partial charge >= 0.3 is 24.4 Å². The van der Waals surface area contributed by atoms with Crippen molar-refractivity contribution in [2.45, 2.75) is 84.6 Å². The number of ether oxygens (including phenoxy) is 6. The van der Waals surface area contributed by atoms with E-state index in [1.165, 1.54) is 18.2 Å².